The van der Waals surface area contributed by atoms with Crippen LogP contribution < -0.4 is 5.32 Å². The van der Waals surface area contributed by atoms with Crippen molar-refractivity contribution in [1.29, 1.82) is 0 Å². The average Bonchev–Trinajstić information content (AvgIpc) is 2.63. The van der Waals surface area contributed by atoms with Crippen LogP contribution in [0.15, 0.2) is 21.4 Å². The molecular weight excluding hydrogens is 254 g/mol. The van der Waals surface area contributed by atoms with E-state index in [0.29, 0.717) is 6.04 Å². The largest absolute Gasteiger partial charge is 0.457 e. The van der Waals surface area contributed by atoms with Crippen LogP contribution in [0.4, 0.5) is 0 Å². The van der Waals surface area contributed by atoms with Gasteiger partial charge in [0.2, 0.25) is 0 Å². The second-order valence-electron chi connectivity index (χ2n) is 4.01. The van der Waals surface area contributed by atoms with Crippen LogP contribution >= 0.6 is 15.9 Å². The Labute approximate surface area is 101 Å². The summed E-state index contributed by atoms with van der Waals surface area (Å²) < 4.78 is 6.14. The Balaban J connectivity index is 2.69. The van der Waals surface area contributed by atoms with Crippen molar-refractivity contribution >= 4 is 15.9 Å². The van der Waals surface area contributed by atoms with Crippen LogP contribution in [0.2, 0.25) is 0 Å². The van der Waals surface area contributed by atoms with Crippen LogP contribution in [0.1, 0.15) is 45.2 Å². The molecule has 0 amide bonds. The second-order valence-corrected chi connectivity index (χ2v) is 4.73. The second kappa shape index (κ2) is 6.33. The predicted molar refractivity (Wildman–Crippen MR) is 66.9 cm³/mol. The highest BCUT2D eigenvalue weighted by atomic mass is 79.9. The van der Waals surface area contributed by atoms with E-state index in [2.05, 4.69) is 42.0 Å². The molecule has 0 spiro atoms. The highest BCUT2D eigenvalue weighted by molar-refractivity contribution is 9.10. The van der Waals surface area contributed by atoms with Crippen LogP contribution in [0.5, 0.6) is 0 Å². The summed E-state index contributed by atoms with van der Waals surface area (Å²) in [6, 6.07) is 2.44. The molecule has 0 bridgehead atoms. The van der Waals surface area contributed by atoms with Crippen molar-refractivity contribution in [2.24, 2.45) is 5.92 Å². The number of nitrogens with one attached hydrogen (secondary N) is 1. The highest BCUT2D eigenvalue weighted by Gasteiger charge is 2.17. The summed E-state index contributed by atoms with van der Waals surface area (Å²) in [5.41, 5.74) is 1.23. The van der Waals surface area contributed by atoms with Crippen LogP contribution in [-0.2, 0) is 0 Å². The standard InChI is InChI=1S/C12H20BrNO/c1-4-9(3)8-11(14-5-2)10-6-7-15-12(10)13/h6-7,9,11,14H,4-5,8H2,1-3H3. The van der Waals surface area contributed by atoms with Gasteiger partial charge in [-0.05, 0) is 40.9 Å². The monoisotopic (exact) mass is 273 g/mol. The lowest BCUT2D eigenvalue weighted by molar-refractivity contribution is 0.402. The molecule has 1 N–H and O–H groups in total. The quantitative estimate of drug-likeness (QED) is 0.843. The molecule has 0 saturated heterocycles. The van der Waals surface area contributed by atoms with Gasteiger partial charge in [-0.1, -0.05) is 27.2 Å². The van der Waals surface area contributed by atoms with Gasteiger partial charge in [0, 0.05) is 11.6 Å². The average molecular weight is 274 g/mol. The van der Waals surface area contributed by atoms with Gasteiger partial charge in [0.1, 0.15) is 0 Å². The summed E-state index contributed by atoms with van der Waals surface area (Å²) in [5, 5.41) is 3.50. The first-order valence-electron chi connectivity index (χ1n) is 5.65. The minimum Gasteiger partial charge on any atom is -0.457 e. The molecule has 15 heavy (non-hydrogen) atoms. The molecule has 2 unspecified atom stereocenters. The lowest BCUT2D eigenvalue weighted by Gasteiger charge is -2.20. The number of hydrogen-bond donors (Lipinski definition) is 1. The van der Waals surface area contributed by atoms with Crippen LogP contribution in [0, 0.1) is 5.92 Å². The number of rotatable bonds is 6. The number of furan rings is 1. The van der Waals surface area contributed by atoms with E-state index in [4.69, 9.17) is 4.42 Å². The number of hydrogen-bond acceptors (Lipinski definition) is 2. The zero-order valence-electron chi connectivity index (χ0n) is 9.72. The Morgan fingerprint density at radius 1 is 1.47 bits per heavy atom. The van der Waals surface area contributed by atoms with Gasteiger partial charge in [-0.15, -0.1) is 0 Å². The first kappa shape index (κ1) is 12.8. The molecule has 0 aliphatic heterocycles. The van der Waals surface area contributed by atoms with Crippen molar-refractivity contribution < 1.29 is 4.42 Å². The van der Waals surface area contributed by atoms with Crippen molar-refractivity contribution in [2.75, 3.05) is 6.54 Å². The molecule has 1 rings (SSSR count). The predicted octanol–water partition coefficient (Wildman–Crippen LogP) is 4.13. The van der Waals surface area contributed by atoms with E-state index < -0.39 is 0 Å². The normalized spacial score (nSPS) is 15.2. The number of halogens is 1. The molecule has 2 atom stereocenters. The highest BCUT2D eigenvalue weighted by Crippen LogP contribution is 2.29. The molecule has 0 aliphatic rings. The molecular formula is C12H20BrNO. The molecule has 0 radical (unpaired) electrons. The van der Waals surface area contributed by atoms with E-state index in [1.165, 1.54) is 12.0 Å². The van der Waals surface area contributed by atoms with Gasteiger partial charge >= 0.3 is 0 Å². The first-order chi connectivity index (χ1) is 7.19. The summed E-state index contributed by atoms with van der Waals surface area (Å²) in [4.78, 5) is 0. The van der Waals surface area contributed by atoms with Crippen molar-refractivity contribution in [3.8, 4) is 0 Å². The lowest BCUT2D eigenvalue weighted by atomic mass is 9.96. The van der Waals surface area contributed by atoms with Gasteiger partial charge in [0.25, 0.3) is 0 Å². The minimum absolute atomic E-state index is 0.401. The summed E-state index contributed by atoms with van der Waals surface area (Å²) in [6.07, 6.45) is 4.11. The van der Waals surface area contributed by atoms with Crippen molar-refractivity contribution in [3.63, 3.8) is 0 Å². The molecule has 0 saturated carbocycles. The first-order valence-corrected chi connectivity index (χ1v) is 6.44. The zero-order valence-corrected chi connectivity index (χ0v) is 11.3. The lowest BCUT2D eigenvalue weighted by Crippen LogP contribution is -2.22. The fourth-order valence-electron chi connectivity index (χ4n) is 1.69. The molecule has 1 aromatic heterocycles. The minimum atomic E-state index is 0.401. The Bertz CT molecular complexity index is 285. The van der Waals surface area contributed by atoms with Crippen LogP contribution in [-0.4, -0.2) is 6.54 Å². The molecule has 2 nitrogen and oxygen atoms in total. The Morgan fingerprint density at radius 2 is 2.20 bits per heavy atom. The van der Waals surface area contributed by atoms with E-state index in [-0.39, 0.29) is 0 Å². The van der Waals surface area contributed by atoms with E-state index >= 15 is 0 Å². The Hall–Kier alpha value is -0.280. The summed E-state index contributed by atoms with van der Waals surface area (Å²) >= 11 is 3.44. The van der Waals surface area contributed by atoms with Gasteiger partial charge in [-0.2, -0.15) is 0 Å². The summed E-state index contributed by atoms with van der Waals surface area (Å²) in [6.45, 7) is 7.65. The van der Waals surface area contributed by atoms with Gasteiger partial charge in [0.05, 0.1) is 6.26 Å². The van der Waals surface area contributed by atoms with Crippen molar-refractivity contribution in [1.82, 2.24) is 5.32 Å². The third-order valence-corrected chi connectivity index (χ3v) is 3.45. The van der Waals surface area contributed by atoms with E-state index in [1.54, 1.807) is 6.26 Å². The third kappa shape index (κ3) is 3.65. The van der Waals surface area contributed by atoms with E-state index in [0.717, 1.165) is 23.6 Å². The zero-order chi connectivity index (χ0) is 11.3. The maximum absolute atomic E-state index is 5.28. The molecule has 0 fully saturated rings. The van der Waals surface area contributed by atoms with E-state index in [1.807, 2.05) is 6.07 Å². The Morgan fingerprint density at radius 3 is 2.67 bits per heavy atom. The van der Waals surface area contributed by atoms with Crippen molar-refractivity contribution in [2.45, 2.75) is 39.7 Å². The molecule has 1 aromatic rings. The SMILES string of the molecule is CCNC(CC(C)CC)c1ccoc1Br. The topological polar surface area (TPSA) is 25.2 Å². The van der Waals surface area contributed by atoms with Gasteiger partial charge in [0.15, 0.2) is 4.67 Å². The van der Waals surface area contributed by atoms with Gasteiger partial charge in [-0.3, -0.25) is 0 Å². The molecule has 0 aromatic carbocycles. The van der Waals surface area contributed by atoms with Gasteiger partial charge in [-0.25, -0.2) is 0 Å². The molecule has 0 aliphatic carbocycles. The fraction of sp³-hybridized carbons (Fsp3) is 0.667. The fourth-order valence-corrected chi connectivity index (χ4v) is 2.21. The maximum atomic E-state index is 5.28. The molecule has 86 valence electrons. The van der Waals surface area contributed by atoms with E-state index in [9.17, 15) is 0 Å². The third-order valence-electron chi connectivity index (χ3n) is 2.81. The van der Waals surface area contributed by atoms with Crippen LogP contribution in [0.25, 0.3) is 0 Å². The Kier molecular flexibility index (Phi) is 5.40. The molecule has 3 heteroatoms. The summed E-state index contributed by atoms with van der Waals surface area (Å²) in [7, 11) is 0. The van der Waals surface area contributed by atoms with Crippen LogP contribution in [0.3, 0.4) is 0 Å². The molecule has 1 heterocycles. The maximum Gasteiger partial charge on any atom is 0.173 e. The van der Waals surface area contributed by atoms with Gasteiger partial charge < -0.3 is 9.73 Å². The smallest absolute Gasteiger partial charge is 0.173 e. The summed E-state index contributed by atoms with van der Waals surface area (Å²) in [5.74, 6) is 0.732. The van der Waals surface area contributed by atoms with Crippen molar-refractivity contribution in [3.05, 3.63) is 22.6 Å².